The Morgan fingerprint density at radius 2 is 1.87 bits per heavy atom. The maximum absolute atomic E-state index is 14.7. The molecule has 3 heterocycles. The van der Waals surface area contributed by atoms with Crippen LogP contribution in [0.5, 0.6) is 0 Å². The first-order chi connectivity index (χ1) is 18.7. The average Bonchev–Trinajstić information content (AvgIpc) is 3.44. The lowest BCUT2D eigenvalue weighted by Gasteiger charge is -2.57. The van der Waals surface area contributed by atoms with Gasteiger partial charge in [-0.25, -0.2) is 14.0 Å². The monoisotopic (exact) mass is 549 g/mol. The summed E-state index contributed by atoms with van der Waals surface area (Å²) < 4.78 is 38.9. The molecule has 1 unspecified atom stereocenters. The number of aromatic amines is 1. The first kappa shape index (κ1) is 25.7. The van der Waals surface area contributed by atoms with Crippen molar-refractivity contribution in [2.75, 3.05) is 6.61 Å². The van der Waals surface area contributed by atoms with E-state index in [-0.39, 0.29) is 13.0 Å². The molecule has 0 aromatic carbocycles. The van der Waals surface area contributed by atoms with E-state index < -0.39 is 53.6 Å². The van der Waals surface area contributed by atoms with Gasteiger partial charge >= 0.3 is 11.8 Å². The zero-order valence-electron chi connectivity index (χ0n) is 22.0. The maximum atomic E-state index is 14.7. The topological polar surface area (TPSA) is 127 Å². The summed E-state index contributed by atoms with van der Waals surface area (Å²) in [6, 6.07) is 0. The van der Waals surface area contributed by atoms with Crippen LogP contribution in [0.1, 0.15) is 76.0 Å². The molecule has 2 saturated heterocycles. The van der Waals surface area contributed by atoms with Gasteiger partial charge in [0.25, 0.3) is 5.56 Å². The lowest BCUT2D eigenvalue weighted by Crippen LogP contribution is -2.59. The summed E-state index contributed by atoms with van der Waals surface area (Å²) in [6.45, 7) is 1.18. The van der Waals surface area contributed by atoms with Crippen molar-refractivity contribution in [2.45, 2.75) is 107 Å². The number of aromatic nitrogens is 2. The number of rotatable bonds is 4. The van der Waals surface area contributed by atoms with E-state index in [1.165, 1.54) is 12.6 Å². The van der Waals surface area contributed by atoms with Gasteiger partial charge < -0.3 is 18.9 Å². The van der Waals surface area contributed by atoms with Crippen LogP contribution in [-0.4, -0.2) is 52.3 Å². The summed E-state index contributed by atoms with van der Waals surface area (Å²) in [6.07, 6.45) is 4.57. The SMILES string of the molecule is Cc1cn([C@H]2C[C@H]([18F])[C@@H](COC(=O)OC3CCC[C@]4(C3)OOC3(O4)C4CC5CC(C4)CC3C5)O2)c(=O)[nH]c1=O. The second-order valence-corrected chi connectivity index (χ2v) is 12.5. The lowest BCUT2D eigenvalue weighted by atomic mass is 9.53. The Morgan fingerprint density at radius 3 is 2.62 bits per heavy atom. The molecule has 214 valence electrons. The van der Waals surface area contributed by atoms with E-state index in [0.29, 0.717) is 36.7 Å². The summed E-state index contributed by atoms with van der Waals surface area (Å²) in [5, 5.41) is 0. The fraction of sp³-hybridized carbons (Fsp3) is 0.815. The normalized spacial score (nSPS) is 44.4. The van der Waals surface area contributed by atoms with Crippen LogP contribution in [0.3, 0.4) is 0 Å². The molecule has 2 aliphatic heterocycles. The van der Waals surface area contributed by atoms with Gasteiger partial charge in [-0.05, 0) is 63.7 Å². The first-order valence-electron chi connectivity index (χ1n) is 14.2. The molecule has 7 fully saturated rings. The molecular weight excluding hydrogens is 514 g/mol. The highest BCUT2D eigenvalue weighted by Crippen LogP contribution is 2.63. The van der Waals surface area contributed by atoms with Crippen LogP contribution in [-0.2, 0) is 28.7 Å². The molecule has 2 spiro atoms. The number of ether oxygens (including phenoxy) is 4. The fourth-order valence-corrected chi connectivity index (χ4v) is 8.16. The summed E-state index contributed by atoms with van der Waals surface area (Å²) in [5.41, 5.74) is -0.894. The lowest BCUT2D eigenvalue weighted by molar-refractivity contribution is -0.390. The molecule has 1 N–H and O–H groups in total. The van der Waals surface area contributed by atoms with Crippen LogP contribution in [0.2, 0.25) is 0 Å². The van der Waals surface area contributed by atoms with Crippen molar-refractivity contribution < 1.29 is 37.9 Å². The Labute approximate surface area is 224 Å². The number of halogens is 1. The second kappa shape index (κ2) is 9.39. The standard InChI is InChI=1S/C27H35FN2O9/c1-14-12-30(24(32)29-23(14)31)22-10-20(28)21(36-22)13-34-25(33)35-19-3-2-4-26(11-19)37-27(39-38-26)17-6-15-5-16(8-17)9-18(27)7-15/h12,15-22H,2-11,13H2,1H3,(H,29,31,32)/t15?,16?,17?,18?,19?,20-,21+,22+,26+,27?/m0/s1/i28-1. The molecule has 1 aromatic rings. The second-order valence-electron chi connectivity index (χ2n) is 12.5. The minimum Gasteiger partial charge on any atom is -0.431 e. The summed E-state index contributed by atoms with van der Waals surface area (Å²) >= 11 is 0. The molecule has 5 saturated carbocycles. The Morgan fingerprint density at radius 1 is 1.13 bits per heavy atom. The average molecular weight is 550 g/mol. The van der Waals surface area contributed by atoms with Gasteiger partial charge in [-0.2, -0.15) is 9.78 Å². The Balaban J connectivity index is 0.933. The third-order valence-electron chi connectivity index (χ3n) is 9.81. The highest BCUT2D eigenvalue weighted by Gasteiger charge is 2.67. The van der Waals surface area contributed by atoms with Gasteiger partial charge in [0.1, 0.15) is 31.2 Å². The molecule has 4 bridgehead atoms. The van der Waals surface area contributed by atoms with E-state index in [0.717, 1.165) is 48.5 Å². The third-order valence-corrected chi connectivity index (χ3v) is 9.81. The fourth-order valence-electron chi connectivity index (χ4n) is 8.16. The molecule has 12 heteroatoms. The van der Waals surface area contributed by atoms with Crippen LogP contribution in [0.15, 0.2) is 15.8 Å². The van der Waals surface area contributed by atoms with Gasteiger partial charge in [0.05, 0.1) is 0 Å². The third kappa shape index (κ3) is 4.43. The number of nitrogens with zero attached hydrogens (tertiary/aromatic N) is 1. The van der Waals surface area contributed by atoms with E-state index in [9.17, 15) is 18.8 Å². The largest absolute Gasteiger partial charge is 0.508 e. The molecule has 0 amide bonds. The minimum atomic E-state index is -1.46. The van der Waals surface area contributed by atoms with Crippen LogP contribution >= 0.6 is 0 Å². The molecule has 11 nitrogen and oxygen atoms in total. The molecule has 1 aromatic heterocycles. The molecule has 0 radical (unpaired) electrons. The number of hydrogen-bond acceptors (Lipinski definition) is 9. The Kier molecular flexibility index (Phi) is 6.18. The number of carbonyl (C=O) groups is 1. The van der Waals surface area contributed by atoms with Crippen LogP contribution in [0.4, 0.5) is 9.18 Å². The van der Waals surface area contributed by atoms with E-state index in [1.54, 1.807) is 6.92 Å². The van der Waals surface area contributed by atoms with Crippen molar-refractivity contribution in [3.63, 3.8) is 0 Å². The smallest absolute Gasteiger partial charge is 0.431 e. The van der Waals surface area contributed by atoms with E-state index in [2.05, 4.69) is 4.98 Å². The number of nitrogens with one attached hydrogen (secondary N) is 1. The van der Waals surface area contributed by atoms with Gasteiger partial charge in [0.2, 0.25) is 11.6 Å². The zero-order chi connectivity index (χ0) is 26.9. The van der Waals surface area contributed by atoms with Gasteiger partial charge in [-0.1, -0.05) is 0 Å². The first-order valence-corrected chi connectivity index (χ1v) is 14.2. The van der Waals surface area contributed by atoms with Gasteiger partial charge in [-0.3, -0.25) is 14.3 Å². The molecule has 8 rings (SSSR count). The van der Waals surface area contributed by atoms with Crippen molar-refractivity contribution in [3.05, 3.63) is 32.6 Å². The van der Waals surface area contributed by atoms with Gasteiger partial charge in [0.15, 0.2) is 0 Å². The number of hydrogen-bond donors (Lipinski definition) is 1. The van der Waals surface area contributed by atoms with Crippen molar-refractivity contribution in [1.29, 1.82) is 0 Å². The number of carbonyl (C=O) groups excluding carboxylic acids is 1. The molecule has 39 heavy (non-hydrogen) atoms. The molecule has 5 aliphatic carbocycles. The highest BCUT2D eigenvalue weighted by molar-refractivity contribution is 5.60. The molecular formula is C27H35FN2O9. The Hall–Kier alpha value is -2.28. The van der Waals surface area contributed by atoms with Crippen LogP contribution < -0.4 is 11.2 Å². The van der Waals surface area contributed by atoms with Crippen molar-refractivity contribution in [1.82, 2.24) is 9.55 Å². The number of alkyl halides is 1. The zero-order valence-corrected chi connectivity index (χ0v) is 22.0. The van der Waals surface area contributed by atoms with Crippen LogP contribution in [0.25, 0.3) is 0 Å². The van der Waals surface area contributed by atoms with E-state index in [1.807, 2.05) is 0 Å². The van der Waals surface area contributed by atoms with E-state index >= 15 is 0 Å². The number of aryl methyl sites for hydroxylation is 1. The van der Waals surface area contributed by atoms with E-state index in [4.69, 9.17) is 28.7 Å². The number of H-pyrrole nitrogens is 1. The summed E-state index contributed by atoms with van der Waals surface area (Å²) in [5.74, 6) is 0.604. The van der Waals surface area contributed by atoms with Crippen LogP contribution in [0, 0.1) is 30.6 Å². The maximum Gasteiger partial charge on any atom is 0.508 e. The van der Waals surface area contributed by atoms with Gasteiger partial charge in [-0.15, -0.1) is 0 Å². The van der Waals surface area contributed by atoms with Gasteiger partial charge in [0, 0.05) is 42.9 Å². The predicted octanol–water partition coefficient (Wildman–Crippen LogP) is 3.39. The highest BCUT2D eigenvalue weighted by atomic mass is 18.2. The summed E-state index contributed by atoms with van der Waals surface area (Å²) in [7, 11) is 0. The Bertz CT molecular complexity index is 1220. The molecule has 5 atom stereocenters. The summed E-state index contributed by atoms with van der Waals surface area (Å²) in [4.78, 5) is 50.5. The molecule has 7 aliphatic rings. The quantitative estimate of drug-likeness (QED) is 0.444. The van der Waals surface area contributed by atoms with Crippen molar-refractivity contribution in [2.24, 2.45) is 23.7 Å². The van der Waals surface area contributed by atoms with Crippen molar-refractivity contribution >= 4 is 6.16 Å². The van der Waals surface area contributed by atoms with Crippen molar-refractivity contribution in [3.8, 4) is 0 Å². The minimum absolute atomic E-state index is 0.112. The predicted molar refractivity (Wildman–Crippen MR) is 130 cm³/mol.